The van der Waals surface area contributed by atoms with E-state index in [9.17, 15) is 0 Å². The Bertz CT molecular complexity index is 275. The summed E-state index contributed by atoms with van der Waals surface area (Å²) in [6, 6.07) is 1.88. The van der Waals surface area contributed by atoms with E-state index in [2.05, 4.69) is 34.4 Å². The van der Waals surface area contributed by atoms with Crippen LogP contribution < -0.4 is 10.6 Å². The molecule has 1 atom stereocenters. The fourth-order valence-corrected chi connectivity index (χ4v) is 1.00. The highest BCUT2D eigenvalue weighted by Gasteiger charge is 2.00. The first kappa shape index (κ1) is 10.8. The predicted octanol–water partition coefficient (Wildman–Crippen LogP) is 1.98. The molecule has 0 bridgehead atoms. The van der Waals surface area contributed by atoms with Crippen LogP contribution in [0.15, 0.2) is 12.3 Å². The molecule has 1 unspecified atom stereocenters. The molecule has 1 aromatic heterocycles. The molecule has 0 saturated heterocycles. The van der Waals surface area contributed by atoms with Gasteiger partial charge in [-0.05, 0) is 12.0 Å². The Hall–Kier alpha value is -1.32. The molecule has 2 N–H and O–H groups in total. The topological polar surface area (TPSA) is 49.8 Å². The van der Waals surface area contributed by atoms with E-state index in [0.29, 0.717) is 11.9 Å². The van der Waals surface area contributed by atoms with Crippen molar-refractivity contribution in [2.45, 2.75) is 20.3 Å². The van der Waals surface area contributed by atoms with Gasteiger partial charge in [-0.2, -0.15) is 4.98 Å². The number of hydrogen-bond donors (Lipinski definition) is 2. The largest absolute Gasteiger partial charge is 0.370 e. The lowest BCUT2D eigenvalue weighted by Gasteiger charge is -2.10. The Morgan fingerprint density at radius 2 is 2.29 bits per heavy atom. The normalized spacial score (nSPS) is 12.2. The van der Waals surface area contributed by atoms with Gasteiger partial charge < -0.3 is 10.6 Å². The lowest BCUT2D eigenvalue weighted by molar-refractivity contribution is 0.592. The quantitative estimate of drug-likeness (QED) is 0.752. The average Bonchev–Trinajstić information content (AvgIpc) is 2.26. The molecule has 0 amide bonds. The first-order valence-electron chi connectivity index (χ1n) is 5.01. The maximum absolute atomic E-state index is 4.26. The molecule has 1 aromatic rings. The third kappa shape index (κ3) is 3.20. The third-order valence-electron chi connectivity index (χ3n) is 2.21. The van der Waals surface area contributed by atoms with E-state index in [0.717, 1.165) is 12.4 Å². The minimum Gasteiger partial charge on any atom is -0.370 e. The Kier molecular flexibility index (Phi) is 4.16. The molecule has 0 aliphatic rings. The highest BCUT2D eigenvalue weighted by molar-refractivity contribution is 5.38. The first-order valence-corrected chi connectivity index (χ1v) is 5.01. The van der Waals surface area contributed by atoms with Crippen LogP contribution in [0.3, 0.4) is 0 Å². The fraction of sp³-hybridized carbons (Fsp3) is 0.600. The first-order chi connectivity index (χ1) is 6.76. The van der Waals surface area contributed by atoms with Crippen LogP contribution in [0.1, 0.15) is 20.3 Å². The Morgan fingerprint density at radius 3 is 2.93 bits per heavy atom. The zero-order valence-corrected chi connectivity index (χ0v) is 9.04. The van der Waals surface area contributed by atoms with E-state index < -0.39 is 0 Å². The van der Waals surface area contributed by atoms with Gasteiger partial charge in [0.05, 0.1) is 0 Å². The van der Waals surface area contributed by atoms with E-state index >= 15 is 0 Å². The van der Waals surface area contributed by atoms with Gasteiger partial charge in [0.25, 0.3) is 0 Å². The van der Waals surface area contributed by atoms with Crippen molar-refractivity contribution in [3.8, 4) is 0 Å². The van der Waals surface area contributed by atoms with E-state index in [1.807, 2.05) is 13.1 Å². The Morgan fingerprint density at radius 1 is 1.50 bits per heavy atom. The average molecular weight is 194 g/mol. The van der Waals surface area contributed by atoms with Crippen molar-refractivity contribution in [3.05, 3.63) is 12.3 Å². The van der Waals surface area contributed by atoms with Crippen LogP contribution in [-0.4, -0.2) is 23.6 Å². The van der Waals surface area contributed by atoms with E-state index in [1.165, 1.54) is 6.42 Å². The minimum atomic E-state index is 0.652. The van der Waals surface area contributed by atoms with Crippen molar-refractivity contribution in [2.24, 2.45) is 5.92 Å². The lowest BCUT2D eigenvalue weighted by atomic mass is 10.1. The number of anilines is 2. The van der Waals surface area contributed by atoms with Crippen LogP contribution in [-0.2, 0) is 0 Å². The van der Waals surface area contributed by atoms with Crippen molar-refractivity contribution in [2.75, 3.05) is 24.2 Å². The summed E-state index contributed by atoms with van der Waals surface area (Å²) >= 11 is 0. The van der Waals surface area contributed by atoms with Gasteiger partial charge in [-0.25, -0.2) is 4.98 Å². The van der Waals surface area contributed by atoms with Gasteiger partial charge in [0.2, 0.25) is 5.95 Å². The summed E-state index contributed by atoms with van der Waals surface area (Å²) in [7, 11) is 1.81. The molecule has 4 heteroatoms. The molecule has 0 radical (unpaired) electrons. The third-order valence-corrected chi connectivity index (χ3v) is 2.21. The van der Waals surface area contributed by atoms with Crippen molar-refractivity contribution in [1.82, 2.24) is 9.97 Å². The maximum Gasteiger partial charge on any atom is 0.224 e. The molecule has 0 saturated carbocycles. The molecule has 0 spiro atoms. The van der Waals surface area contributed by atoms with Crippen molar-refractivity contribution in [3.63, 3.8) is 0 Å². The summed E-state index contributed by atoms with van der Waals surface area (Å²) < 4.78 is 0. The van der Waals surface area contributed by atoms with Crippen LogP contribution >= 0.6 is 0 Å². The zero-order chi connectivity index (χ0) is 10.4. The van der Waals surface area contributed by atoms with Crippen molar-refractivity contribution in [1.29, 1.82) is 0 Å². The molecule has 78 valence electrons. The lowest BCUT2D eigenvalue weighted by Crippen LogP contribution is -2.11. The number of hydrogen-bond acceptors (Lipinski definition) is 4. The van der Waals surface area contributed by atoms with Crippen LogP contribution in [0.4, 0.5) is 11.8 Å². The molecule has 0 fully saturated rings. The van der Waals surface area contributed by atoms with Crippen LogP contribution in [0, 0.1) is 5.92 Å². The van der Waals surface area contributed by atoms with Gasteiger partial charge >= 0.3 is 0 Å². The zero-order valence-electron chi connectivity index (χ0n) is 9.04. The summed E-state index contributed by atoms with van der Waals surface area (Å²) in [4.78, 5) is 8.31. The number of nitrogens with zero attached hydrogens (tertiary/aromatic N) is 2. The second kappa shape index (κ2) is 5.42. The van der Waals surface area contributed by atoms with E-state index in [-0.39, 0.29) is 0 Å². The second-order valence-electron chi connectivity index (χ2n) is 3.41. The Balaban J connectivity index is 2.50. The molecule has 4 nitrogen and oxygen atoms in total. The molecular formula is C10H18N4. The van der Waals surface area contributed by atoms with Crippen molar-refractivity contribution < 1.29 is 0 Å². The minimum absolute atomic E-state index is 0.652. The summed E-state index contributed by atoms with van der Waals surface area (Å²) in [5.74, 6) is 2.20. The van der Waals surface area contributed by atoms with E-state index in [1.54, 1.807) is 6.20 Å². The summed E-state index contributed by atoms with van der Waals surface area (Å²) in [5, 5.41) is 6.19. The fourth-order valence-electron chi connectivity index (χ4n) is 1.00. The van der Waals surface area contributed by atoms with Gasteiger partial charge in [-0.1, -0.05) is 20.3 Å². The van der Waals surface area contributed by atoms with Crippen molar-refractivity contribution >= 4 is 11.8 Å². The molecule has 0 aliphatic heterocycles. The molecular weight excluding hydrogens is 176 g/mol. The number of nitrogens with one attached hydrogen (secondary N) is 2. The highest BCUT2D eigenvalue weighted by Crippen LogP contribution is 2.07. The molecule has 0 aliphatic carbocycles. The molecule has 1 heterocycles. The summed E-state index contributed by atoms with van der Waals surface area (Å²) in [6.07, 6.45) is 2.93. The van der Waals surface area contributed by atoms with Crippen LogP contribution in [0.25, 0.3) is 0 Å². The SMILES string of the molecule is CCC(C)CNc1ccnc(NC)n1. The summed E-state index contributed by atoms with van der Waals surface area (Å²) in [5.41, 5.74) is 0. The van der Waals surface area contributed by atoms with Gasteiger partial charge in [0, 0.05) is 19.8 Å². The smallest absolute Gasteiger partial charge is 0.224 e. The molecule has 1 rings (SSSR count). The predicted molar refractivity (Wildman–Crippen MR) is 59.5 cm³/mol. The number of rotatable bonds is 5. The standard InChI is InChI=1S/C10H18N4/c1-4-8(2)7-13-9-5-6-12-10(11-3)14-9/h5-6,8H,4,7H2,1-3H3,(H2,11,12,13,14). The van der Waals surface area contributed by atoms with Gasteiger partial charge in [0.1, 0.15) is 5.82 Å². The monoisotopic (exact) mass is 194 g/mol. The summed E-state index contributed by atoms with van der Waals surface area (Å²) in [6.45, 7) is 5.36. The maximum atomic E-state index is 4.26. The molecule has 14 heavy (non-hydrogen) atoms. The Labute approximate surface area is 85.2 Å². The van der Waals surface area contributed by atoms with Gasteiger partial charge in [-0.15, -0.1) is 0 Å². The van der Waals surface area contributed by atoms with Crippen LogP contribution in [0.2, 0.25) is 0 Å². The van der Waals surface area contributed by atoms with Crippen LogP contribution in [0.5, 0.6) is 0 Å². The highest BCUT2D eigenvalue weighted by atomic mass is 15.1. The van der Waals surface area contributed by atoms with Gasteiger partial charge in [-0.3, -0.25) is 0 Å². The number of aromatic nitrogens is 2. The molecule has 0 aromatic carbocycles. The van der Waals surface area contributed by atoms with E-state index in [4.69, 9.17) is 0 Å². The second-order valence-corrected chi connectivity index (χ2v) is 3.41. The van der Waals surface area contributed by atoms with Gasteiger partial charge in [0.15, 0.2) is 0 Å².